The van der Waals surface area contributed by atoms with E-state index in [0.29, 0.717) is 19.3 Å². The lowest BCUT2D eigenvalue weighted by Crippen LogP contribution is -2.30. The van der Waals surface area contributed by atoms with Crippen LogP contribution in [0.5, 0.6) is 0 Å². The average Bonchev–Trinajstić information content (AvgIpc) is 3.28. The van der Waals surface area contributed by atoms with Gasteiger partial charge < -0.3 is 14.2 Å². The smallest absolute Gasteiger partial charge is 0.306 e. The summed E-state index contributed by atoms with van der Waals surface area (Å²) in [7, 11) is 0. The Bertz CT molecular complexity index is 1190. The first kappa shape index (κ1) is 59.9. The zero-order chi connectivity index (χ0) is 45.8. The van der Waals surface area contributed by atoms with E-state index >= 15 is 0 Å². The Morgan fingerprint density at radius 3 is 0.968 bits per heavy atom. The van der Waals surface area contributed by atoms with Gasteiger partial charge in [-0.15, -0.1) is 0 Å². The summed E-state index contributed by atoms with van der Waals surface area (Å²) in [4.78, 5) is 37.8. The first-order chi connectivity index (χ1) is 31.0. The minimum atomic E-state index is -0.788. The van der Waals surface area contributed by atoms with E-state index in [0.717, 1.165) is 96.3 Å². The molecule has 6 nitrogen and oxygen atoms in total. The summed E-state index contributed by atoms with van der Waals surface area (Å²) >= 11 is 0. The van der Waals surface area contributed by atoms with Crippen LogP contribution in [0.25, 0.3) is 0 Å². The molecule has 0 N–H and O–H groups in total. The molecule has 1 unspecified atom stereocenters. The number of allylic oxidation sites excluding steroid dienone is 12. The molecule has 362 valence electrons. The van der Waals surface area contributed by atoms with Crippen molar-refractivity contribution in [2.75, 3.05) is 13.2 Å². The van der Waals surface area contributed by atoms with Crippen LogP contribution in [-0.2, 0) is 28.6 Å². The maximum atomic E-state index is 12.8. The zero-order valence-corrected chi connectivity index (χ0v) is 41.3. The third kappa shape index (κ3) is 49.7. The van der Waals surface area contributed by atoms with Gasteiger partial charge >= 0.3 is 17.9 Å². The van der Waals surface area contributed by atoms with Crippen molar-refractivity contribution in [2.45, 2.75) is 258 Å². The number of unbranched alkanes of at least 4 members (excludes halogenated alkanes) is 24. The van der Waals surface area contributed by atoms with E-state index in [-0.39, 0.29) is 31.1 Å². The minimum Gasteiger partial charge on any atom is -0.462 e. The Balaban J connectivity index is 4.27. The highest BCUT2D eigenvalue weighted by Crippen LogP contribution is 2.16. The van der Waals surface area contributed by atoms with E-state index in [1.54, 1.807) is 0 Å². The van der Waals surface area contributed by atoms with Gasteiger partial charge in [0.2, 0.25) is 0 Å². The molecule has 0 aliphatic carbocycles. The largest absolute Gasteiger partial charge is 0.462 e. The molecule has 0 rings (SSSR count). The number of esters is 3. The Hall–Kier alpha value is -3.15. The van der Waals surface area contributed by atoms with Crippen LogP contribution >= 0.6 is 0 Å². The van der Waals surface area contributed by atoms with E-state index in [1.165, 1.54) is 116 Å². The van der Waals surface area contributed by atoms with Gasteiger partial charge in [0, 0.05) is 19.3 Å². The second-order valence-corrected chi connectivity index (χ2v) is 17.4. The van der Waals surface area contributed by atoms with Crippen LogP contribution in [0.1, 0.15) is 252 Å². The molecule has 0 spiro atoms. The predicted molar refractivity (Wildman–Crippen MR) is 270 cm³/mol. The van der Waals surface area contributed by atoms with Crippen molar-refractivity contribution in [1.29, 1.82) is 0 Å². The number of hydrogen-bond acceptors (Lipinski definition) is 6. The minimum absolute atomic E-state index is 0.0878. The summed E-state index contributed by atoms with van der Waals surface area (Å²) in [5, 5.41) is 0. The molecule has 0 aromatic heterocycles. The zero-order valence-electron chi connectivity index (χ0n) is 41.3. The number of hydrogen-bond donors (Lipinski definition) is 0. The molecular weight excluding hydrogens is 781 g/mol. The molecule has 0 radical (unpaired) electrons. The van der Waals surface area contributed by atoms with Gasteiger partial charge in [0.15, 0.2) is 6.10 Å². The molecule has 63 heavy (non-hydrogen) atoms. The lowest BCUT2D eigenvalue weighted by molar-refractivity contribution is -0.167. The fourth-order valence-corrected chi connectivity index (χ4v) is 7.27. The average molecular weight is 879 g/mol. The first-order valence-electron chi connectivity index (χ1n) is 26.4. The summed E-state index contributed by atoms with van der Waals surface area (Å²) in [5.41, 5.74) is 0. The summed E-state index contributed by atoms with van der Waals surface area (Å²) in [6.07, 6.45) is 64.9. The van der Waals surface area contributed by atoms with E-state index < -0.39 is 6.10 Å². The van der Waals surface area contributed by atoms with Crippen molar-refractivity contribution in [3.63, 3.8) is 0 Å². The molecule has 0 amide bonds. The maximum absolute atomic E-state index is 12.8. The lowest BCUT2D eigenvalue weighted by Gasteiger charge is -2.18. The third-order valence-electron chi connectivity index (χ3n) is 11.2. The molecule has 0 saturated carbocycles. The maximum Gasteiger partial charge on any atom is 0.306 e. The highest BCUT2D eigenvalue weighted by Gasteiger charge is 2.19. The van der Waals surface area contributed by atoms with Crippen molar-refractivity contribution in [3.05, 3.63) is 72.9 Å². The van der Waals surface area contributed by atoms with Crippen molar-refractivity contribution in [2.24, 2.45) is 0 Å². The number of carbonyl (C=O) groups is 3. The Labute approximate surface area is 389 Å². The van der Waals surface area contributed by atoms with Crippen LogP contribution in [0.4, 0.5) is 0 Å². The Kier molecular flexibility index (Phi) is 48.9. The monoisotopic (exact) mass is 879 g/mol. The summed E-state index contributed by atoms with van der Waals surface area (Å²) in [6.45, 7) is 6.44. The van der Waals surface area contributed by atoms with Gasteiger partial charge in [-0.1, -0.05) is 235 Å². The summed E-state index contributed by atoms with van der Waals surface area (Å²) in [5.74, 6) is -0.938. The molecule has 0 fully saturated rings. The Morgan fingerprint density at radius 1 is 0.333 bits per heavy atom. The highest BCUT2D eigenvalue weighted by molar-refractivity contribution is 5.71. The topological polar surface area (TPSA) is 78.9 Å². The third-order valence-corrected chi connectivity index (χ3v) is 11.2. The van der Waals surface area contributed by atoms with Crippen molar-refractivity contribution in [1.82, 2.24) is 0 Å². The predicted octanol–water partition coefficient (Wildman–Crippen LogP) is 17.4. The van der Waals surface area contributed by atoms with Gasteiger partial charge in [0.05, 0.1) is 0 Å². The summed E-state index contributed by atoms with van der Waals surface area (Å²) in [6, 6.07) is 0. The molecule has 0 aromatic carbocycles. The highest BCUT2D eigenvalue weighted by atomic mass is 16.6. The van der Waals surface area contributed by atoms with E-state index in [1.807, 2.05) is 0 Å². The first-order valence-corrected chi connectivity index (χ1v) is 26.4. The second kappa shape index (κ2) is 51.5. The van der Waals surface area contributed by atoms with Crippen LogP contribution in [0.2, 0.25) is 0 Å². The van der Waals surface area contributed by atoms with Gasteiger partial charge in [-0.05, 0) is 70.6 Å². The quantitative estimate of drug-likeness (QED) is 0.0262. The van der Waals surface area contributed by atoms with Crippen molar-refractivity contribution >= 4 is 17.9 Å². The second-order valence-electron chi connectivity index (χ2n) is 17.4. The molecule has 6 heteroatoms. The van der Waals surface area contributed by atoms with Crippen LogP contribution in [0.3, 0.4) is 0 Å². The van der Waals surface area contributed by atoms with Gasteiger partial charge in [0.25, 0.3) is 0 Å². The van der Waals surface area contributed by atoms with Gasteiger partial charge in [-0.25, -0.2) is 0 Å². The van der Waals surface area contributed by atoms with Crippen LogP contribution in [0.15, 0.2) is 72.9 Å². The SMILES string of the molecule is CC/C=C\C/C=C\C/C=C\C/C=C\C/C=C\C/C=C\CCCCC(=O)OCC(COC(=O)CCCCCCCC)OC(=O)CCCCCCCCCCCCCCCCCCCC. The van der Waals surface area contributed by atoms with Crippen LogP contribution < -0.4 is 0 Å². The molecule has 0 heterocycles. The van der Waals surface area contributed by atoms with Gasteiger partial charge in [-0.2, -0.15) is 0 Å². The van der Waals surface area contributed by atoms with E-state index in [2.05, 4.69) is 93.7 Å². The molecule has 0 aliphatic heterocycles. The van der Waals surface area contributed by atoms with Crippen molar-refractivity contribution in [3.8, 4) is 0 Å². The van der Waals surface area contributed by atoms with Crippen LogP contribution in [-0.4, -0.2) is 37.2 Å². The molecular formula is C57H98O6. The number of ether oxygens (including phenoxy) is 3. The van der Waals surface area contributed by atoms with E-state index in [9.17, 15) is 14.4 Å². The number of rotatable bonds is 47. The summed E-state index contributed by atoms with van der Waals surface area (Å²) < 4.78 is 16.7. The molecule has 0 bridgehead atoms. The lowest BCUT2D eigenvalue weighted by atomic mass is 10.0. The number of carbonyl (C=O) groups excluding carboxylic acids is 3. The van der Waals surface area contributed by atoms with Gasteiger partial charge in [-0.3, -0.25) is 14.4 Å². The Morgan fingerprint density at radius 2 is 0.619 bits per heavy atom. The van der Waals surface area contributed by atoms with E-state index in [4.69, 9.17) is 14.2 Å². The molecule has 1 atom stereocenters. The molecule has 0 aliphatic rings. The van der Waals surface area contributed by atoms with Crippen molar-refractivity contribution < 1.29 is 28.6 Å². The fourth-order valence-electron chi connectivity index (χ4n) is 7.27. The fraction of sp³-hybridized carbons (Fsp3) is 0.737. The molecule has 0 aromatic rings. The standard InChI is InChI=1S/C57H98O6/c1-4-7-10-13-16-18-20-22-24-26-28-29-30-32-33-35-37-39-41-44-47-50-56(59)62-53-54(52-61-55(58)49-46-43-15-12-9-6-3)63-57(60)51-48-45-42-40-38-36-34-31-27-25-23-21-19-17-14-11-8-5-2/h7,10,16,18,22,24,28-29,32-33,37,39,54H,4-6,8-9,11-15,17,19-21,23,25-27,30-31,34-36,38,40-53H2,1-3H3/b10-7-,18-16-,24-22-,29-28-,33-32-,39-37-. The van der Waals surface area contributed by atoms with Gasteiger partial charge in [0.1, 0.15) is 13.2 Å². The van der Waals surface area contributed by atoms with Crippen LogP contribution in [0, 0.1) is 0 Å². The normalized spacial score (nSPS) is 12.6. The molecule has 0 saturated heterocycles.